The van der Waals surface area contributed by atoms with Gasteiger partial charge in [-0.2, -0.15) is 0 Å². The predicted molar refractivity (Wildman–Crippen MR) is 105 cm³/mol. The van der Waals surface area contributed by atoms with E-state index in [1.54, 1.807) is 14.2 Å². The highest BCUT2D eigenvalue weighted by Gasteiger charge is 2.44. The van der Waals surface area contributed by atoms with Gasteiger partial charge in [-0.15, -0.1) is 0 Å². The van der Waals surface area contributed by atoms with Crippen molar-refractivity contribution in [3.63, 3.8) is 0 Å². The minimum absolute atomic E-state index is 0.222. The average Bonchev–Trinajstić information content (AvgIpc) is 2.72. The fourth-order valence-electron chi connectivity index (χ4n) is 5.26. The van der Waals surface area contributed by atoms with Gasteiger partial charge in [-0.3, -0.25) is 9.59 Å². The van der Waals surface area contributed by atoms with Crippen LogP contribution in [0.15, 0.2) is 18.2 Å². The van der Waals surface area contributed by atoms with E-state index in [9.17, 15) is 9.59 Å². The number of rotatable bonds is 5. The molecule has 3 saturated heterocycles. The molecule has 28 heavy (non-hydrogen) atoms. The van der Waals surface area contributed by atoms with Crippen molar-refractivity contribution < 1.29 is 19.1 Å². The van der Waals surface area contributed by atoms with Crippen molar-refractivity contribution in [3.8, 4) is 11.5 Å². The number of hydrogen-bond donors (Lipinski definition) is 0. The number of likely N-dealkylation sites (tertiary alicyclic amines) is 1. The lowest BCUT2D eigenvalue weighted by molar-refractivity contribution is -0.148. The van der Waals surface area contributed by atoms with Gasteiger partial charge in [-0.25, -0.2) is 0 Å². The van der Waals surface area contributed by atoms with Crippen molar-refractivity contribution in [2.75, 3.05) is 33.9 Å². The first kappa shape index (κ1) is 19.1. The third kappa shape index (κ3) is 3.69. The smallest absolute Gasteiger partial charge is 0.222 e. The topological polar surface area (TPSA) is 59.1 Å². The van der Waals surface area contributed by atoms with Gasteiger partial charge in [0.25, 0.3) is 0 Å². The summed E-state index contributed by atoms with van der Waals surface area (Å²) in [6.07, 6.45) is 5.14. The molecule has 2 bridgehead atoms. The molecule has 4 rings (SSSR count). The molecule has 2 amide bonds. The van der Waals surface area contributed by atoms with Gasteiger partial charge in [0.05, 0.1) is 14.2 Å². The highest BCUT2D eigenvalue weighted by atomic mass is 16.5. The lowest BCUT2D eigenvalue weighted by Gasteiger charge is -2.52. The van der Waals surface area contributed by atoms with Crippen LogP contribution in [0.25, 0.3) is 0 Å². The Morgan fingerprint density at radius 2 is 1.96 bits per heavy atom. The zero-order valence-electron chi connectivity index (χ0n) is 16.9. The Hall–Kier alpha value is -2.24. The molecule has 152 valence electrons. The van der Waals surface area contributed by atoms with E-state index in [0.717, 1.165) is 44.5 Å². The SMILES string of the molecule is COc1ccc(CCC(=O)N2C[C@H]3C[C@@H](C2)C2CCCC(=O)N2C3)cc1OC. The first-order chi connectivity index (χ1) is 13.6. The number of hydrogen-bond acceptors (Lipinski definition) is 4. The third-order valence-electron chi connectivity index (χ3n) is 6.61. The molecule has 3 fully saturated rings. The normalized spacial score (nSPS) is 26.6. The number of fused-ring (bicyclic) bond motifs is 4. The summed E-state index contributed by atoms with van der Waals surface area (Å²) in [6, 6.07) is 6.17. The van der Waals surface area contributed by atoms with Gasteiger partial charge in [0.1, 0.15) is 0 Å². The monoisotopic (exact) mass is 386 g/mol. The number of piperidine rings is 3. The van der Waals surface area contributed by atoms with Crippen molar-refractivity contribution in [1.29, 1.82) is 0 Å². The molecule has 3 aliphatic heterocycles. The summed E-state index contributed by atoms with van der Waals surface area (Å²) in [6.45, 7) is 2.42. The molecule has 1 aromatic rings. The minimum atomic E-state index is 0.222. The number of benzene rings is 1. The van der Waals surface area contributed by atoms with Crippen LogP contribution in [0.4, 0.5) is 0 Å². The molecule has 0 saturated carbocycles. The summed E-state index contributed by atoms with van der Waals surface area (Å²) < 4.78 is 10.6. The van der Waals surface area contributed by atoms with E-state index in [4.69, 9.17) is 9.47 Å². The van der Waals surface area contributed by atoms with Crippen molar-refractivity contribution in [2.24, 2.45) is 11.8 Å². The Labute approximate surface area is 166 Å². The van der Waals surface area contributed by atoms with E-state index in [1.165, 1.54) is 0 Å². The predicted octanol–water partition coefficient (Wildman–Crippen LogP) is 2.50. The molecule has 0 spiro atoms. The molecular weight excluding hydrogens is 356 g/mol. The van der Waals surface area contributed by atoms with Crippen LogP contribution < -0.4 is 9.47 Å². The molecule has 3 aliphatic rings. The maximum atomic E-state index is 12.9. The number of methoxy groups -OCH3 is 2. The highest BCUT2D eigenvalue weighted by molar-refractivity contribution is 5.78. The molecule has 0 aromatic heterocycles. The molecular formula is C22H30N2O4. The first-order valence-corrected chi connectivity index (χ1v) is 10.4. The van der Waals surface area contributed by atoms with E-state index >= 15 is 0 Å². The molecule has 6 nitrogen and oxygen atoms in total. The minimum Gasteiger partial charge on any atom is -0.493 e. The number of aryl methyl sites for hydroxylation is 1. The summed E-state index contributed by atoms with van der Waals surface area (Å²) in [7, 11) is 3.24. The van der Waals surface area contributed by atoms with Gasteiger partial charge < -0.3 is 19.3 Å². The number of nitrogens with zero attached hydrogens (tertiary/aromatic N) is 2. The number of amides is 2. The van der Waals surface area contributed by atoms with Crippen molar-refractivity contribution in [2.45, 2.75) is 44.6 Å². The van der Waals surface area contributed by atoms with Crippen LogP contribution in [-0.4, -0.2) is 61.5 Å². The standard InChI is InChI=1S/C22H30N2O4/c1-27-19-8-6-15(11-20(19)28-2)7-9-21(25)23-12-16-10-17(14-23)18-4-3-5-22(26)24(18)13-16/h6,8,11,16-18H,3-5,7,9-10,12-14H2,1-2H3/t16-,17+,18?/m1/s1. The van der Waals surface area contributed by atoms with E-state index in [2.05, 4.69) is 9.80 Å². The van der Waals surface area contributed by atoms with Crippen LogP contribution in [-0.2, 0) is 16.0 Å². The van der Waals surface area contributed by atoms with E-state index in [-0.39, 0.29) is 5.91 Å². The van der Waals surface area contributed by atoms with E-state index in [1.807, 2.05) is 18.2 Å². The molecule has 3 atom stereocenters. The number of carbonyl (C=O) groups is 2. The summed E-state index contributed by atoms with van der Waals surface area (Å²) in [5.41, 5.74) is 1.08. The zero-order valence-corrected chi connectivity index (χ0v) is 16.9. The summed E-state index contributed by atoms with van der Waals surface area (Å²) in [5.74, 6) is 2.82. The molecule has 3 heterocycles. The second-order valence-electron chi connectivity index (χ2n) is 8.36. The van der Waals surface area contributed by atoms with E-state index in [0.29, 0.717) is 54.5 Å². The molecule has 0 aliphatic carbocycles. The van der Waals surface area contributed by atoms with Crippen LogP contribution >= 0.6 is 0 Å². The fraction of sp³-hybridized carbons (Fsp3) is 0.636. The maximum Gasteiger partial charge on any atom is 0.222 e. The lowest BCUT2D eigenvalue weighted by atomic mass is 9.76. The first-order valence-electron chi connectivity index (χ1n) is 10.4. The number of carbonyl (C=O) groups excluding carboxylic acids is 2. The molecule has 0 N–H and O–H groups in total. The zero-order chi connectivity index (χ0) is 19.7. The lowest BCUT2D eigenvalue weighted by Crippen LogP contribution is -2.61. The fourth-order valence-corrected chi connectivity index (χ4v) is 5.26. The maximum absolute atomic E-state index is 12.9. The summed E-state index contributed by atoms with van der Waals surface area (Å²) in [5, 5.41) is 0. The summed E-state index contributed by atoms with van der Waals surface area (Å²) in [4.78, 5) is 29.3. The molecule has 0 radical (unpaired) electrons. The Balaban J connectivity index is 1.37. The second-order valence-corrected chi connectivity index (χ2v) is 8.36. The van der Waals surface area contributed by atoms with Gasteiger partial charge in [-0.05, 0) is 55.2 Å². The van der Waals surface area contributed by atoms with E-state index < -0.39 is 0 Å². The van der Waals surface area contributed by atoms with Gasteiger partial charge in [0.15, 0.2) is 11.5 Å². The molecule has 1 unspecified atom stereocenters. The van der Waals surface area contributed by atoms with Gasteiger partial charge in [-0.1, -0.05) is 6.07 Å². The highest BCUT2D eigenvalue weighted by Crippen LogP contribution is 2.38. The van der Waals surface area contributed by atoms with Crippen LogP contribution in [0.5, 0.6) is 11.5 Å². The summed E-state index contributed by atoms with van der Waals surface area (Å²) >= 11 is 0. The Kier molecular flexibility index (Phi) is 5.47. The van der Waals surface area contributed by atoms with Gasteiger partial charge in [0, 0.05) is 38.5 Å². The number of ether oxygens (including phenoxy) is 2. The van der Waals surface area contributed by atoms with Gasteiger partial charge >= 0.3 is 0 Å². The average molecular weight is 386 g/mol. The molecule has 1 aromatic carbocycles. The van der Waals surface area contributed by atoms with Gasteiger partial charge in [0.2, 0.25) is 11.8 Å². The van der Waals surface area contributed by atoms with Crippen LogP contribution in [0.3, 0.4) is 0 Å². The third-order valence-corrected chi connectivity index (χ3v) is 6.61. The Morgan fingerprint density at radius 1 is 1.14 bits per heavy atom. The largest absolute Gasteiger partial charge is 0.493 e. The Bertz CT molecular complexity index is 750. The van der Waals surface area contributed by atoms with Crippen LogP contribution in [0.2, 0.25) is 0 Å². The second kappa shape index (κ2) is 8.02. The Morgan fingerprint density at radius 3 is 2.75 bits per heavy atom. The van der Waals surface area contributed by atoms with Crippen LogP contribution in [0.1, 0.15) is 37.7 Å². The van der Waals surface area contributed by atoms with Crippen molar-refractivity contribution in [3.05, 3.63) is 23.8 Å². The molecule has 6 heteroatoms. The van der Waals surface area contributed by atoms with Crippen molar-refractivity contribution >= 4 is 11.8 Å². The quantitative estimate of drug-likeness (QED) is 0.780. The van der Waals surface area contributed by atoms with Crippen LogP contribution in [0, 0.1) is 11.8 Å². The van der Waals surface area contributed by atoms with Crippen molar-refractivity contribution in [1.82, 2.24) is 9.80 Å².